The quantitative estimate of drug-likeness (QED) is 0.605. The lowest BCUT2D eigenvalue weighted by Gasteiger charge is -2.42. The highest BCUT2D eigenvalue weighted by Crippen LogP contribution is 2.46. The second kappa shape index (κ2) is 3.43. The zero-order valence-corrected chi connectivity index (χ0v) is 8.00. The van der Waals surface area contributed by atoms with E-state index in [2.05, 4.69) is 0 Å². The number of fused-ring (bicyclic) bond motifs is 1. The van der Waals surface area contributed by atoms with Gasteiger partial charge in [0.1, 0.15) is 0 Å². The van der Waals surface area contributed by atoms with Crippen LogP contribution < -0.4 is 0 Å². The molecule has 2 N–H and O–H groups in total. The van der Waals surface area contributed by atoms with Crippen LogP contribution in [-0.4, -0.2) is 22.9 Å². The topological polar surface area (TPSA) is 40.5 Å². The fourth-order valence-electron chi connectivity index (χ4n) is 2.75. The molecule has 0 aromatic rings. The van der Waals surface area contributed by atoms with Crippen molar-refractivity contribution in [2.75, 3.05) is 6.61 Å². The molecule has 13 heavy (non-hydrogen) atoms. The molecule has 74 valence electrons. The van der Waals surface area contributed by atoms with Gasteiger partial charge < -0.3 is 10.2 Å². The highest BCUT2D eigenvalue weighted by atomic mass is 16.3. The summed E-state index contributed by atoms with van der Waals surface area (Å²) in [5.41, 5.74) is 1.37. The van der Waals surface area contributed by atoms with Gasteiger partial charge in [-0.05, 0) is 32.1 Å². The van der Waals surface area contributed by atoms with Gasteiger partial charge in [0.25, 0.3) is 0 Å². The molecule has 0 spiro atoms. The molecular formula is C11H18O2. The molecule has 2 aliphatic rings. The molecule has 0 amide bonds. The van der Waals surface area contributed by atoms with Gasteiger partial charge in [-0.25, -0.2) is 0 Å². The molecule has 0 unspecified atom stereocenters. The highest BCUT2D eigenvalue weighted by molar-refractivity contribution is 5.21. The van der Waals surface area contributed by atoms with Crippen molar-refractivity contribution in [3.05, 3.63) is 11.6 Å². The molecule has 2 rings (SSSR count). The summed E-state index contributed by atoms with van der Waals surface area (Å²) in [5, 5.41) is 18.9. The second-order valence-electron chi connectivity index (χ2n) is 4.44. The van der Waals surface area contributed by atoms with Crippen LogP contribution in [0.15, 0.2) is 11.6 Å². The molecular weight excluding hydrogens is 164 g/mol. The van der Waals surface area contributed by atoms with E-state index in [0.717, 1.165) is 25.7 Å². The normalized spacial score (nSPS) is 39.5. The fraction of sp³-hybridized carbons (Fsp3) is 0.818. The highest BCUT2D eigenvalue weighted by Gasteiger charge is 2.38. The molecule has 2 atom stereocenters. The van der Waals surface area contributed by atoms with E-state index >= 15 is 0 Å². The Morgan fingerprint density at radius 1 is 1.38 bits per heavy atom. The minimum Gasteiger partial charge on any atom is -0.395 e. The van der Waals surface area contributed by atoms with Crippen molar-refractivity contribution in [3.63, 3.8) is 0 Å². The first kappa shape index (κ1) is 9.22. The van der Waals surface area contributed by atoms with Crippen LogP contribution in [0, 0.1) is 5.41 Å². The monoisotopic (exact) mass is 182 g/mol. The SMILES string of the molecule is OC[C@]12CCCCC1=C[C@@H](O)CC2. The molecule has 2 aliphatic carbocycles. The third kappa shape index (κ3) is 1.53. The van der Waals surface area contributed by atoms with E-state index in [1.807, 2.05) is 6.08 Å². The van der Waals surface area contributed by atoms with E-state index in [-0.39, 0.29) is 18.1 Å². The average molecular weight is 182 g/mol. The third-order valence-electron chi connectivity index (χ3n) is 3.65. The van der Waals surface area contributed by atoms with Gasteiger partial charge >= 0.3 is 0 Å². The van der Waals surface area contributed by atoms with E-state index in [1.54, 1.807) is 0 Å². The Hall–Kier alpha value is -0.340. The van der Waals surface area contributed by atoms with E-state index in [9.17, 15) is 10.2 Å². The summed E-state index contributed by atoms with van der Waals surface area (Å²) in [5.74, 6) is 0. The first-order chi connectivity index (χ1) is 6.27. The van der Waals surface area contributed by atoms with E-state index < -0.39 is 0 Å². The molecule has 0 aromatic heterocycles. The summed E-state index contributed by atoms with van der Waals surface area (Å²) in [4.78, 5) is 0. The van der Waals surface area contributed by atoms with Crippen molar-refractivity contribution in [2.45, 2.75) is 44.6 Å². The Morgan fingerprint density at radius 2 is 2.23 bits per heavy atom. The Kier molecular flexibility index (Phi) is 2.43. The van der Waals surface area contributed by atoms with E-state index in [0.29, 0.717) is 0 Å². The molecule has 0 aliphatic heterocycles. The largest absolute Gasteiger partial charge is 0.395 e. The van der Waals surface area contributed by atoms with Gasteiger partial charge in [0.2, 0.25) is 0 Å². The van der Waals surface area contributed by atoms with Crippen molar-refractivity contribution < 1.29 is 10.2 Å². The zero-order valence-electron chi connectivity index (χ0n) is 8.00. The first-order valence-corrected chi connectivity index (χ1v) is 5.27. The number of rotatable bonds is 1. The Balaban J connectivity index is 2.25. The van der Waals surface area contributed by atoms with Crippen molar-refractivity contribution in [2.24, 2.45) is 5.41 Å². The first-order valence-electron chi connectivity index (χ1n) is 5.27. The Bertz CT molecular complexity index is 222. The summed E-state index contributed by atoms with van der Waals surface area (Å²) >= 11 is 0. The molecule has 0 radical (unpaired) electrons. The maximum atomic E-state index is 9.50. The van der Waals surface area contributed by atoms with Crippen molar-refractivity contribution >= 4 is 0 Å². The van der Waals surface area contributed by atoms with Gasteiger partial charge in [-0.15, -0.1) is 0 Å². The average Bonchev–Trinajstić information content (AvgIpc) is 2.18. The van der Waals surface area contributed by atoms with Crippen molar-refractivity contribution in [1.82, 2.24) is 0 Å². The lowest BCUT2D eigenvalue weighted by Crippen LogP contribution is -2.35. The number of aliphatic hydroxyl groups is 2. The van der Waals surface area contributed by atoms with Gasteiger partial charge in [0, 0.05) is 5.41 Å². The van der Waals surface area contributed by atoms with Crippen LogP contribution in [0.5, 0.6) is 0 Å². The van der Waals surface area contributed by atoms with Crippen LogP contribution in [0.1, 0.15) is 38.5 Å². The predicted molar refractivity (Wildman–Crippen MR) is 51.3 cm³/mol. The lowest BCUT2D eigenvalue weighted by atomic mass is 9.65. The molecule has 0 aromatic carbocycles. The predicted octanol–water partition coefficient (Wildman–Crippen LogP) is 1.62. The minimum atomic E-state index is -0.257. The van der Waals surface area contributed by atoms with Gasteiger partial charge in [-0.3, -0.25) is 0 Å². The summed E-state index contributed by atoms with van der Waals surface area (Å²) in [6.45, 7) is 0.269. The third-order valence-corrected chi connectivity index (χ3v) is 3.65. The van der Waals surface area contributed by atoms with Crippen LogP contribution >= 0.6 is 0 Å². The van der Waals surface area contributed by atoms with Gasteiger partial charge in [0.05, 0.1) is 12.7 Å². The van der Waals surface area contributed by atoms with Gasteiger partial charge in [-0.2, -0.15) is 0 Å². The van der Waals surface area contributed by atoms with Crippen molar-refractivity contribution in [1.29, 1.82) is 0 Å². The Morgan fingerprint density at radius 3 is 3.00 bits per heavy atom. The fourth-order valence-corrected chi connectivity index (χ4v) is 2.75. The number of aliphatic hydroxyl groups excluding tert-OH is 2. The summed E-state index contributed by atoms with van der Waals surface area (Å²) in [6.07, 6.45) is 8.17. The second-order valence-corrected chi connectivity index (χ2v) is 4.44. The summed E-state index contributed by atoms with van der Waals surface area (Å²) in [7, 11) is 0. The Labute approximate surface area is 79.3 Å². The number of hydrogen-bond acceptors (Lipinski definition) is 2. The smallest absolute Gasteiger partial charge is 0.0724 e. The standard InChI is InChI=1S/C11H18O2/c12-8-11-5-2-1-3-9(11)7-10(13)4-6-11/h7,10,12-13H,1-6,8H2/t10-,11+/m0/s1. The molecule has 0 bridgehead atoms. The number of hydrogen-bond donors (Lipinski definition) is 2. The van der Waals surface area contributed by atoms with E-state index in [1.165, 1.54) is 18.4 Å². The molecule has 2 nitrogen and oxygen atoms in total. The van der Waals surface area contributed by atoms with Gasteiger partial charge in [-0.1, -0.05) is 18.1 Å². The van der Waals surface area contributed by atoms with Crippen LogP contribution in [-0.2, 0) is 0 Å². The zero-order chi connectivity index (χ0) is 9.31. The molecule has 0 saturated heterocycles. The maximum Gasteiger partial charge on any atom is 0.0724 e. The summed E-state index contributed by atoms with van der Waals surface area (Å²) in [6, 6.07) is 0. The molecule has 1 saturated carbocycles. The lowest BCUT2D eigenvalue weighted by molar-refractivity contribution is 0.0838. The van der Waals surface area contributed by atoms with Crippen molar-refractivity contribution in [3.8, 4) is 0 Å². The maximum absolute atomic E-state index is 9.50. The van der Waals surface area contributed by atoms with Crippen LogP contribution in [0.3, 0.4) is 0 Å². The molecule has 1 fully saturated rings. The van der Waals surface area contributed by atoms with Gasteiger partial charge in [0.15, 0.2) is 0 Å². The van der Waals surface area contributed by atoms with Crippen LogP contribution in [0.2, 0.25) is 0 Å². The summed E-state index contributed by atoms with van der Waals surface area (Å²) < 4.78 is 0. The minimum absolute atomic E-state index is 0.0531. The van der Waals surface area contributed by atoms with Crippen LogP contribution in [0.4, 0.5) is 0 Å². The molecule has 2 heteroatoms. The van der Waals surface area contributed by atoms with E-state index in [4.69, 9.17) is 0 Å². The van der Waals surface area contributed by atoms with Crippen LogP contribution in [0.25, 0.3) is 0 Å². The molecule has 0 heterocycles.